The number of nitrogens with zero attached hydrogens (tertiary/aromatic N) is 1. The van der Waals surface area contributed by atoms with Gasteiger partial charge in [-0.05, 0) is 49.6 Å². The summed E-state index contributed by atoms with van der Waals surface area (Å²) in [5.74, 6) is -1.29. The summed E-state index contributed by atoms with van der Waals surface area (Å²) in [6, 6.07) is 16.9. The standard InChI is InChI=1S/C20H23N3O2/c1-15(16-7-3-2-4-8-16)21-19(24)20(25)22-17-9-11-18(12-10-17)23-13-5-6-14-23/h2-4,7-12,15H,5-6,13-14H2,1H3,(H,21,24)(H,22,25). The molecule has 3 rings (SSSR count). The van der Waals surface area contributed by atoms with Gasteiger partial charge in [0, 0.05) is 24.5 Å². The molecule has 1 aliphatic heterocycles. The Morgan fingerprint density at radius 2 is 1.56 bits per heavy atom. The molecule has 2 amide bonds. The van der Waals surface area contributed by atoms with Gasteiger partial charge in [-0.1, -0.05) is 30.3 Å². The largest absolute Gasteiger partial charge is 0.372 e. The molecule has 1 atom stereocenters. The van der Waals surface area contributed by atoms with Gasteiger partial charge in [-0.3, -0.25) is 9.59 Å². The van der Waals surface area contributed by atoms with Crippen molar-refractivity contribution in [3.05, 3.63) is 60.2 Å². The average molecular weight is 337 g/mol. The Kier molecular flexibility index (Phi) is 5.33. The lowest BCUT2D eigenvalue weighted by molar-refractivity contribution is -0.136. The third-order valence-electron chi connectivity index (χ3n) is 4.45. The van der Waals surface area contributed by atoms with Crippen molar-refractivity contribution in [2.24, 2.45) is 0 Å². The zero-order valence-electron chi connectivity index (χ0n) is 14.4. The summed E-state index contributed by atoms with van der Waals surface area (Å²) in [6.07, 6.45) is 2.44. The number of amides is 2. The predicted molar refractivity (Wildman–Crippen MR) is 99.5 cm³/mol. The molecule has 1 heterocycles. The highest BCUT2D eigenvalue weighted by atomic mass is 16.2. The molecule has 0 saturated carbocycles. The average Bonchev–Trinajstić information content (AvgIpc) is 3.17. The molecule has 0 radical (unpaired) electrons. The van der Waals surface area contributed by atoms with Gasteiger partial charge in [0.25, 0.3) is 0 Å². The Bertz CT molecular complexity index is 722. The van der Waals surface area contributed by atoms with Crippen molar-refractivity contribution in [3.8, 4) is 0 Å². The molecule has 2 aromatic carbocycles. The molecule has 5 heteroatoms. The van der Waals surface area contributed by atoms with Crippen LogP contribution in [0.1, 0.15) is 31.4 Å². The van der Waals surface area contributed by atoms with Crippen molar-refractivity contribution >= 4 is 23.2 Å². The van der Waals surface area contributed by atoms with Crippen molar-refractivity contribution in [3.63, 3.8) is 0 Å². The van der Waals surface area contributed by atoms with Gasteiger partial charge in [0.2, 0.25) is 0 Å². The molecule has 25 heavy (non-hydrogen) atoms. The summed E-state index contributed by atoms with van der Waals surface area (Å²) in [4.78, 5) is 26.5. The highest BCUT2D eigenvalue weighted by molar-refractivity contribution is 6.39. The van der Waals surface area contributed by atoms with Crippen molar-refractivity contribution < 1.29 is 9.59 Å². The fraction of sp³-hybridized carbons (Fsp3) is 0.300. The van der Waals surface area contributed by atoms with E-state index in [0.717, 1.165) is 24.3 Å². The number of anilines is 2. The van der Waals surface area contributed by atoms with E-state index in [1.54, 1.807) is 0 Å². The predicted octanol–water partition coefficient (Wildman–Crippen LogP) is 3.10. The van der Waals surface area contributed by atoms with Gasteiger partial charge in [-0.2, -0.15) is 0 Å². The third kappa shape index (κ3) is 4.38. The Hall–Kier alpha value is -2.82. The molecule has 1 aliphatic rings. The molecule has 2 aromatic rings. The third-order valence-corrected chi connectivity index (χ3v) is 4.45. The summed E-state index contributed by atoms with van der Waals surface area (Å²) >= 11 is 0. The Labute approximate surface area is 148 Å². The monoisotopic (exact) mass is 337 g/mol. The zero-order chi connectivity index (χ0) is 17.6. The SMILES string of the molecule is CC(NC(=O)C(=O)Nc1ccc(N2CCCC2)cc1)c1ccccc1. The lowest BCUT2D eigenvalue weighted by Gasteiger charge is -2.18. The van der Waals surface area contributed by atoms with E-state index in [1.807, 2.05) is 61.5 Å². The number of carbonyl (C=O) groups excluding carboxylic acids is 2. The van der Waals surface area contributed by atoms with E-state index in [4.69, 9.17) is 0 Å². The van der Waals surface area contributed by atoms with E-state index in [1.165, 1.54) is 12.8 Å². The van der Waals surface area contributed by atoms with Crippen molar-refractivity contribution in [2.75, 3.05) is 23.3 Å². The molecule has 1 unspecified atom stereocenters. The maximum absolute atomic E-state index is 12.1. The van der Waals surface area contributed by atoms with Gasteiger partial charge in [0.05, 0.1) is 6.04 Å². The van der Waals surface area contributed by atoms with Crippen LogP contribution in [0, 0.1) is 0 Å². The molecule has 0 spiro atoms. The second-order valence-electron chi connectivity index (χ2n) is 6.30. The summed E-state index contributed by atoms with van der Waals surface area (Å²) in [6.45, 7) is 4.00. The van der Waals surface area contributed by atoms with Gasteiger partial charge in [0.15, 0.2) is 0 Å². The Morgan fingerprint density at radius 3 is 2.20 bits per heavy atom. The van der Waals surface area contributed by atoms with Crippen LogP contribution in [0.3, 0.4) is 0 Å². The molecule has 1 fully saturated rings. The Balaban J connectivity index is 1.55. The van der Waals surface area contributed by atoms with Gasteiger partial charge in [-0.15, -0.1) is 0 Å². The summed E-state index contributed by atoms with van der Waals surface area (Å²) < 4.78 is 0. The highest BCUT2D eigenvalue weighted by Crippen LogP contribution is 2.22. The lowest BCUT2D eigenvalue weighted by atomic mass is 10.1. The summed E-state index contributed by atoms with van der Waals surface area (Å²) in [7, 11) is 0. The first-order chi connectivity index (χ1) is 12.1. The summed E-state index contributed by atoms with van der Waals surface area (Å²) in [5.41, 5.74) is 2.73. The van der Waals surface area contributed by atoms with Crippen LogP contribution in [0.5, 0.6) is 0 Å². The molecular weight excluding hydrogens is 314 g/mol. The lowest BCUT2D eigenvalue weighted by Crippen LogP contribution is -2.36. The quantitative estimate of drug-likeness (QED) is 0.843. The molecule has 0 aliphatic carbocycles. The van der Waals surface area contributed by atoms with Crippen LogP contribution in [0.4, 0.5) is 11.4 Å². The van der Waals surface area contributed by atoms with Crippen LogP contribution in [-0.2, 0) is 9.59 Å². The second kappa shape index (κ2) is 7.83. The zero-order valence-corrected chi connectivity index (χ0v) is 14.4. The van der Waals surface area contributed by atoms with Gasteiger partial charge in [0.1, 0.15) is 0 Å². The molecule has 0 bridgehead atoms. The molecule has 130 valence electrons. The number of carbonyl (C=O) groups is 2. The minimum absolute atomic E-state index is 0.225. The van der Waals surface area contributed by atoms with Crippen LogP contribution in [0.2, 0.25) is 0 Å². The van der Waals surface area contributed by atoms with Gasteiger partial charge >= 0.3 is 11.8 Å². The molecule has 1 saturated heterocycles. The summed E-state index contributed by atoms with van der Waals surface area (Å²) in [5, 5.41) is 5.36. The first kappa shape index (κ1) is 17.0. The van der Waals surface area contributed by atoms with Crippen molar-refractivity contribution in [1.29, 1.82) is 0 Å². The first-order valence-electron chi connectivity index (χ1n) is 8.65. The number of hydrogen-bond acceptors (Lipinski definition) is 3. The van der Waals surface area contributed by atoms with E-state index < -0.39 is 11.8 Å². The van der Waals surface area contributed by atoms with Crippen molar-refractivity contribution in [1.82, 2.24) is 5.32 Å². The normalized spacial score (nSPS) is 14.8. The van der Waals surface area contributed by atoms with E-state index in [2.05, 4.69) is 15.5 Å². The van der Waals surface area contributed by atoms with Crippen LogP contribution in [-0.4, -0.2) is 24.9 Å². The number of hydrogen-bond donors (Lipinski definition) is 2. The fourth-order valence-electron chi connectivity index (χ4n) is 3.01. The second-order valence-corrected chi connectivity index (χ2v) is 6.30. The highest BCUT2D eigenvalue weighted by Gasteiger charge is 2.17. The van der Waals surface area contributed by atoms with Gasteiger partial charge < -0.3 is 15.5 Å². The maximum Gasteiger partial charge on any atom is 0.313 e. The van der Waals surface area contributed by atoms with Crippen LogP contribution < -0.4 is 15.5 Å². The minimum atomic E-state index is -0.656. The number of nitrogens with one attached hydrogen (secondary N) is 2. The van der Waals surface area contributed by atoms with E-state index in [9.17, 15) is 9.59 Å². The number of benzene rings is 2. The maximum atomic E-state index is 12.1. The topological polar surface area (TPSA) is 61.4 Å². The van der Waals surface area contributed by atoms with Crippen LogP contribution >= 0.6 is 0 Å². The van der Waals surface area contributed by atoms with Crippen LogP contribution in [0.25, 0.3) is 0 Å². The Morgan fingerprint density at radius 1 is 0.920 bits per heavy atom. The van der Waals surface area contributed by atoms with Crippen LogP contribution in [0.15, 0.2) is 54.6 Å². The molecule has 5 nitrogen and oxygen atoms in total. The van der Waals surface area contributed by atoms with E-state index in [0.29, 0.717) is 5.69 Å². The first-order valence-corrected chi connectivity index (χ1v) is 8.65. The molecular formula is C20H23N3O2. The van der Waals surface area contributed by atoms with Crippen molar-refractivity contribution in [2.45, 2.75) is 25.8 Å². The molecule has 0 aromatic heterocycles. The number of rotatable bonds is 4. The minimum Gasteiger partial charge on any atom is -0.372 e. The molecule has 2 N–H and O–H groups in total. The van der Waals surface area contributed by atoms with E-state index in [-0.39, 0.29) is 6.04 Å². The van der Waals surface area contributed by atoms with Gasteiger partial charge in [-0.25, -0.2) is 0 Å². The fourth-order valence-corrected chi connectivity index (χ4v) is 3.01. The smallest absolute Gasteiger partial charge is 0.313 e. The van der Waals surface area contributed by atoms with E-state index >= 15 is 0 Å².